The van der Waals surface area contributed by atoms with Gasteiger partial charge in [0, 0.05) is 0 Å². The van der Waals surface area contributed by atoms with E-state index in [0.29, 0.717) is 15.2 Å². The van der Waals surface area contributed by atoms with Gasteiger partial charge in [-0.15, -0.1) is 0 Å². The highest BCUT2D eigenvalue weighted by Gasteiger charge is 2.76. The highest BCUT2D eigenvalue weighted by Crippen LogP contribution is 2.74. The molecule has 0 aromatic rings. The SMILES string of the molecule is CC(C)(C)[Si]1(C(C)(C)C)CC1[Si](C)(O[Si](C)(C)C)O[Si](C)(C)O[Si](C)(C)O[Si](C)(C)C. The minimum atomic E-state index is -2.46. The first kappa shape index (κ1) is 30.2. The largest absolute Gasteiger partial charge is 0.437 e. The molecule has 1 rings (SSSR count). The van der Waals surface area contributed by atoms with Crippen molar-refractivity contribution in [2.75, 3.05) is 0 Å². The van der Waals surface area contributed by atoms with Crippen LogP contribution in [0.4, 0.5) is 0 Å². The Bertz CT molecular complexity index is 626. The highest BCUT2D eigenvalue weighted by atomic mass is 28.5. The third-order valence-corrected chi connectivity index (χ3v) is 34.5. The molecule has 0 bridgehead atoms. The van der Waals surface area contributed by atoms with E-state index in [1.54, 1.807) is 0 Å². The minimum absolute atomic E-state index is 0.331. The van der Waals surface area contributed by atoms with Gasteiger partial charge in [-0.3, -0.25) is 0 Å². The molecule has 186 valence electrons. The van der Waals surface area contributed by atoms with E-state index in [1.807, 2.05) is 0 Å². The van der Waals surface area contributed by atoms with Crippen LogP contribution in [-0.4, -0.2) is 50.4 Å². The summed E-state index contributed by atoms with van der Waals surface area (Å²) >= 11 is 0. The molecule has 2 unspecified atom stereocenters. The Balaban J connectivity index is 3.32. The third-order valence-electron chi connectivity index (χ3n) is 6.27. The molecule has 1 fully saturated rings. The average molecular weight is 539 g/mol. The fourth-order valence-corrected chi connectivity index (χ4v) is 44.9. The highest BCUT2D eigenvalue weighted by molar-refractivity contribution is 7.09. The third kappa shape index (κ3) is 7.82. The molecule has 0 aliphatic carbocycles. The Morgan fingerprint density at radius 2 is 0.903 bits per heavy atom. The first-order valence-electron chi connectivity index (χ1n) is 12.0. The molecule has 2 atom stereocenters. The zero-order valence-electron chi connectivity index (χ0n) is 23.9. The zero-order chi connectivity index (χ0) is 25.1. The summed E-state index contributed by atoms with van der Waals surface area (Å²) in [5.41, 5.74) is 0. The molecule has 31 heavy (non-hydrogen) atoms. The van der Waals surface area contributed by atoms with Gasteiger partial charge in [-0.2, -0.15) is 0 Å². The maximum atomic E-state index is 7.19. The van der Waals surface area contributed by atoms with Crippen molar-refractivity contribution in [2.24, 2.45) is 0 Å². The first-order chi connectivity index (χ1) is 13.2. The number of hydrogen-bond donors (Lipinski definition) is 0. The molecule has 1 aliphatic heterocycles. The molecule has 0 spiro atoms. The van der Waals surface area contributed by atoms with E-state index in [9.17, 15) is 0 Å². The fraction of sp³-hybridized carbons (Fsp3) is 1.00. The van der Waals surface area contributed by atoms with Gasteiger partial charge in [0.2, 0.25) is 0 Å². The average Bonchev–Trinajstić information content (AvgIpc) is 3.04. The molecule has 0 aromatic heterocycles. The predicted octanol–water partition coefficient (Wildman–Crippen LogP) is 8.17. The zero-order valence-corrected chi connectivity index (χ0v) is 29.9. The molecule has 10 heteroatoms. The Morgan fingerprint density at radius 1 is 0.548 bits per heavy atom. The Kier molecular flexibility index (Phi) is 8.43. The van der Waals surface area contributed by atoms with Gasteiger partial charge in [0.1, 0.15) is 0 Å². The molecule has 1 saturated heterocycles. The van der Waals surface area contributed by atoms with Crippen LogP contribution in [0.15, 0.2) is 0 Å². The molecule has 0 aromatic carbocycles. The second-order valence-corrected chi connectivity index (χ2v) is 41.3. The lowest BCUT2D eigenvalue weighted by Gasteiger charge is -2.47. The Labute approximate surface area is 201 Å². The van der Waals surface area contributed by atoms with Gasteiger partial charge in [0.15, 0.2) is 16.6 Å². The fourth-order valence-electron chi connectivity index (χ4n) is 6.31. The minimum Gasteiger partial charge on any atom is -0.437 e. The van der Waals surface area contributed by atoms with E-state index in [-0.39, 0.29) is 0 Å². The van der Waals surface area contributed by atoms with Crippen LogP contribution in [0.2, 0.25) is 93.3 Å². The normalized spacial score (nSPS) is 22.9. The van der Waals surface area contributed by atoms with Gasteiger partial charge in [-0.05, 0) is 87.3 Å². The topological polar surface area (TPSA) is 36.9 Å². The first-order valence-corrected chi connectivity index (χ1v) is 29.1. The molecule has 0 saturated carbocycles. The van der Waals surface area contributed by atoms with E-state index in [4.69, 9.17) is 16.5 Å². The molecule has 4 nitrogen and oxygen atoms in total. The molecule has 1 heterocycles. The van der Waals surface area contributed by atoms with Crippen molar-refractivity contribution in [3.63, 3.8) is 0 Å². The summed E-state index contributed by atoms with van der Waals surface area (Å²) in [4.78, 5) is 0. The Morgan fingerprint density at radius 3 is 1.19 bits per heavy atom. The molecular formula is C21H54O4Si6. The molecule has 1 aliphatic rings. The van der Waals surface area contributed by atoms with Crippen LogP contribution >= 0.6 is 0 Å². The van der Waals surface area contributed by atoms with E-state index in [2.05, 4.69) is 114 Å². The van der Waals surface area contributed by atoms with Crippen molar-refractivity contribution in [1.29, 1.82) is 0 Å². The van der Waals surface area contributed by atoms with Crippen LogP contribution in [0.3, 0.4) is 0 Å². The number of hydrogen-bond acceptors (Lipinski definition) is 4. The van der Waals surface area contributed by atoms with Crippen molar-refractivity contribution in [3.8, 4) is 0 Å². The van der Waals surface area contributed by atoms with Crippen LogP contribution in [-0.2, 0) is 16.5 Å². The second-order valence-electron chi connectivity index (χ2n) is 14.7. The van der Waals surface area contributed by atoms with Gasteiger partial charge in [0.25, 0.3) is 0 Å². The Hall–Kier alpha value is 1.14. The lowest BCUT2D eigenvalue weighted by molar-refractivity contribution is 0.295. The van der Waals surface area contributed by atoms with Crippen molar-refractivity contribution in [1.82, 2.24) is 0 Å². The van der Waals surface area contributed by atoms with Crippen molar-refractivity contribution in [3.05, 3.63) is 0 Å². The summed E-state index contributed by atoms with van der Waals surface area (Å²) in [5.74, 6) is 0. The van der Waals surface area contributed by atoms with E-state index < -0.39 is 50.4 Å². The van der Waals surface area contributed by atoms with Crippen molar-refractivity contribution in [2.45, 2.75) is 135 Å². The maximum absolute atomic E-state index is 7.19. The molecule has 0 amide bonds. The van der Waals surface area contributed by atoms with Crippen LogP contribution in [0.5, 0.6) is 0 Å². The lowest BCUT2D eigenvalue weighted by Crippen LogP contribution is -2.61. The molecular weight excluding hydrogens is 485 g/mol. The smallest absolute Gasteiger partial charge is 0.316 e. The van der Waals surface area contributed by atoms with E-state index in [0.717, 1.165) is 0 Å². The van der Waals surface area contributed by atoms with Crippen LogP contribution < -0.4 is 0 Å². The van der Waals surface area contributed by atoms with Crippen LogP contribution in [0.25, 0.3) is 0 Å². The van der Waals surface area contributed by atoms with E-state index >= 15 is 0 Å². The number of rotatable bonds is 9. The van der Waals surface area contributed by atoms with Gasteiger partial charge >= 0.3 is 25.7 Å². The van der Waals surface area contributed by atoms with Gasteiger partial charge in [0.05, 0.1) is 8.07 Å². The van der Waals surface area contributed by atoms with Gasteiger partial charge < -0.3 is 16.5 Å². The lowest BCUT2D eigenvalue weighted by atomic mass is 10.2. The summed E-state index contributed by atoms with van der Waals surface area (Å²) in [6, 6.07) is 1.32. The summed E-state index contributed by atoms with van der Waals surface area (Å²) < 4.78 is 27.6. The summed E-state index contributed by atoms with van der Waals surface area (Å²) in [7, 11) is -12.3. The quantitative estimate of drug-likeness (QED) is 0.277. The van der Waals surface area contributed by atoms with Gasteiger partial charge in [-0.25, -0.2) is 0 Å². The predicted molar refractivity (Wildman–Crippen MR) is 151 cm³/mol. The van der Waals surface area contributed by atoms with Crippen LogP contribution in [0, 0.1) is 0 Å². The maximum Gasteiger partial charge on any atom is 0.316 e. The summed E-state index contributed by atoms with van der Waals surface area (Å²) in [6.45, 7) is 39.6. The summed E-state index contributed by atoms with van der Waals surface area (Å²) in [5, 5.41) is 1.28. The van der Waals surface area contributed by atoms with Crippen LogP contribution in [0.1, 0.15) is 41.5 Å². The summed E-state index contributed by atoms with van der Waals surface area (Å²) in [6.07, 6.45) is 0. The molecule has 0 radical (unpaired) electrons. The van der Waals surface area contributed by atoms with Crippen molar-refractivity contribution < 1.29 is 16.5 Å². The second kappa shape index (κ2) is 8.66. The molecule has 0 N–H and O–H groups in total. The standard InChI is InChI=1S/C21H54O4Si6/c1-20(2,3)31(21(4,5)6)18-19(31)30(17,23-27(10,11)12)25-29(15,16)24-28(13,14)22-26(7,8)9/h19H,18H2,1-17H3. The monoisotopic (exact) mass is 538 g/mol. The van der Waals surface area contributed by atoms with E-state index in [1.165, 1.54) is 6.04 Å². The van der Waals surface area contributed by atoms with Gasteiger partial charge in [-0.1, -0.05) is 47.6 Å². The van der Waals surface area contributed by atoms with Crippen molar-refractivity contribution >= 4 is 50.4 Å².